The second kappa shape index (κ2) is 11.7. The van der Waals surface area contributed by atoms with E-state index >= 15 is 8.78 Å². The van der Waals surface area contributed by atoms with Gasteiger partial charge in [0.2, 0.25) is 5.91 Å². The van der Waals surface area contributed by atoms with E-state index in [1.54, 1.807) is 0 Å². The summed E-state index contributed by atoms with van der Waals surface area (Å²) in [5, 5.41) is 7.12. The van der Waals surface area contributed by atoms with Gasteiger partial charge in [0.1, 0.15) is 11.6 Å². The minimum atomic E-state index is -5.08. The van der Waals surface area contributed by atoms with Crippen LogP contribution in [0.4, 0.5) is 27.6 Å². The highest BCUT2D eigenvalue weighted by atomic mass is 19.4. The van der Waals surface area contributed by atoms with Gasteiger partial charge in [-0.3, -0.25) is 10.2 Å². The quantitative estimate of drug-likeness (QED) is 0.395. The van der Waals surface area contributed by atoms with E-state index in [0.717, 1.165) is 56.2 Å². The number of amides is 1. The number of hydrogen-bond acceptors (Lipinski definition) is 4. The lowest BCUT2D eigenvalue weighted by Crippen LogP contribution is -2.63. The second-order valence-corrected chi connectivity index (χ2v) is 11.4. The number of hydrazine groups is 1. The fraction of sp³-hybridized carbons (Fsp3) is 0.517. The van der Waals surface area contributed by atoms with Gasteiger partial charge in [0, 0.05) is 36.8 Å². The van der Waals surface area contributed by atoms with Crippen molar-refractivity contribution in [2.45, 2.75) is 63.1 Å². The lowest BCUT2D eigenvalue weighted by atomic mass is 9.69. The fourth-order valence-electron chi connectivity index (χ4n) is 5.71. The molecule has 3 aliphatic rings. The molecule has 2 aromatic rings. The largest absolute Gasteiger partial charge is 0.490 e. The molecule has 0 aromatic heterocycles. The van der Waals surface area contributed by atoms with Crippen LogP contribution in [0.15, 0.2) is 36.4 Å². The number of rotatable bonds is 5. The van der Waals surface area contributed by atoms with Gasteiger partial charge >= 0.3 is 12.1 Å². The van der Waals surface area contributed by atoms with Gasteiger partial charge in [0.15, 0.2) is 0 Å². The number of hydrogen-bond donors (Lipinski definition) is 3. The molecular formula is C29H34F5N3O3. The molecule has 1 atom stereocenters. The maximum absolute atomic E-state index is 15.0. The van der Waals surface area contributed by atoms with Gasteiger partial charge in [0.25, 0.3) is 0 Å². The molecule has 1 unspecified atom stereocenters. The molecule has 0 bridgehead atoms. The Balaban J connectivity index is 0.000000470. The summed E-state index contributed by atoms with van der Waals surface area (Å²) in [6, 6.07) is 10.6. The fourth-order valence-corrected chi connectivity index (χ4v) is 5.71. The Bertz CT molecular complexity index is 1210. The Hall–Kier alpha value is -3.21. The van der Waals surface area contributed by atoms with E-state index in [0.29, 0.717) is 17.9 Å². The predicted molar refractivity (Wildman–Crippen MR) is 140 cm³/mol. The van der Waals surface area contributed by atoms with Crippen LogP contribution in [0.2, 0.25) is 0 Å². The van der Waals surface area contributed by atoms with Gasteiger partial charge in [-0.2, -0.15) is 13.2 Å². The van der Waals surface area contributed by atoms with Crippen LogP contribution in [-0.4, -0.2) is 42.8 Å². The summed E-state index contributed by atoms with van der Waals surface area (Å²) in [4.78, 5) is 23.1. The Labute approximate surface area is 229 Å². The van der Waals surface area contributed by atoms with Crippen molar-refractivity contribution in [3.05, 3.63) is 53.6 Å². The van der Waals surface area contributed by atoms with E-state index in [1.165, 1.54) is 12.1 Å². The average molecular weight is 568 g/mol. The molecule has 5 rings (SSSR count). The Morgan fingerprint density at radius 2 is 1.62 bits per heavy atom. The van der Waals surface area contributed by atoms with E-state index in [9.17, 15) is 18.0 Å². The van der Waals surface area contributed by atoms with Gasteiger partial charge in [-0.1, -0.05) is 12.1 Å². The Kier molecular flexibility index (Phi) is 8.72. The molecule has 11 heteroatoms. The first-order valence-corrected chi connectivity index (χ1v) is 13.4. The number of alkyl halides is 3. The molecule has 1 spiro atoms. The molecule has 2 aliphatic carbocycles. The molecule has 2 saturated carbocycles. The van der Waals surface area contributed by atoms with Gasteiger partial charge in [-0.05, 0) is 98.6 Å². The number of carbonyl (C=O) groups excluding carboxylic acids is 1. The number of carbonyl (C=O) groups is 2. The van der Waals surface area contributed by atoms with E-state index < -0.39 is 23.8 Å². The van der Waals surface area contributed by atoms with Crippen LogP contribution < -0.4 is 15.8 Å². The SMILES string of the molecule is CN(C)c1cccc(-c2cc(F)c(CC3CCC4(CC3)CC(C3CC3)C(=O)NN4)c(F)c2)c1.O=C(O)C(F)(F)F. The molecule has 1 amide bonds. The van der Waals surface area contributed by atoms with Crippen molar-refractivity contribution < 1.29 is 36.6 Å². The van der Waals surface area contributed by atoms with Crippen molar-refractivity contribution in [1.29, 1.82) is 0 Å². The zero-order chi connectivity index (χ0) is 29.2. The number of aliphatic carboxylic acids is 1. The maximum Gasteiger partial charge on any atom is 0.490 e. The van der Waals surface area contributed by atoms with Crippen LogP contribution in [0.5, 0.6) is 0 Å². The first-order valence-electron chi connectivity index (χ1n) is 13.4. The molecule has 218 valence electrons. The van der Waals surface area contributed by atoms with Crippen LogP contribution in [0, 0.1) is 29.4 Å². The maximum atomic E-state index is 15.0. The molecule has 1 heterocycles. The molecule has 0 radical (unpaired) electrons. The van der Waals surface area contributed by atoms with Crippen LogP contribution >= 0.6 is 0 Å². The Morgan fingerprint density at radius 1 is 1.02 bits per heavy atom. The normalized spacial score (nSPS) is 24.6. The van der Waals surface area contributed by atoms with Gasteiger partial charge in [0.05, 0.1) is 0 Å². The lowest BCUT2D eigenvalue weighted by Gasteiger charge is -2.46. The van der Waals surface area contributed by atoms with E-state index in [-0.39, 0.29) is 28.8 Å². The number of nitrogens with zero attached hydrogens (tertiary/aromatic N) is 1. The van der Waals surface area contributed by atoms with Crippen LogP contribution in [0.3, 0.4) is 0 Å². The Morgan fingerprint density at radius 3 is 2.15 bits per heavy atom. The number of benzene rings is 2. The van der Waals surface area contributed by atoms with Crippen molar-refractivity contribution in [2.24, 2.45) is 17.8 Å². The number of nitrogens with one attached hydrogen (secondary N) is 2. The summed E-state index contributed by atoms with van der Waals surface area (Å²) in [5.74, 6) is -2.63. The number of carboxylic acids is 1. The average Bonchev–Trinajstić information content (AvgIpc) is 3.74. The topological polar surface area (TPSA) is 81.7 Å². The van der Waals surface area contributed by atoms with Gasteiger partial charge in [-0.25, -0.2) is 19.0 Å². The third kappa shape index (κ3) is 7.10. The van der Waals surface area contributed by atoms with Crippen molar-refractivity contribution in [1.82, 2.24) is 10.9 Å². The zero-order valence-electron chi connectivity index (χ0n) is 22.5. The second-order valence-electron chi connectivity index (χ2n) is 11.4. The highest BCUT2D eigenvalue weighted by Crippen LogP contribution is 2.46. The van der Waals surface area contributed by atoms with Crippen LogP contribution in [0.1, 0.15) is 50.5 Å². The van der Waals surface area contributed by atoms with Gasteiger partial charge in [-0.15, -0.1) is 0 Å². The molecular weight excluding hydrogens is 533 g/mol. The summed E-state index contributed by atoms with van der Waals surface area (Å²) >= 11 is 0. The minimum Gasteiger partial charge on any atom is -0.475 e. The lowest BCUT2D eigenvalue weighted by molar-refractivity contribution is -0.192. The number of halogens is 5. The molecule has 40 heavy (non-hydrogen) atoms. The van der Waals surface area contributed by atoms with Crippen LogP contribution in [-0.2, 0) is 16.0 Å². The number of carboxylic acid groups (broad SMARTS) is 1. The zero-order valence-corrected chi connectivity index (χ0v) is 22.5. The van der Waals surface area contributed by atoms with Crippen molar-refractivity contribution in [2.75, 3.05) is 19.0 Å². The summed E-state index contributed by atoms with van der Waals surface area (Å²) in [6.07, 6.45) is 2.22. The van der Waals surface area contributed by atoms with E-state index in [2.05, 4.69) is 10.9 Å². The molecule has 3 N–H and O–H groups in total. The van der Waals surface area contributed by atoms with Crippen molar-refractivity contribution >= 4 is 17.6 Å². The van der Waals surface area contributed by atoms with E-state index in [4.69, 9.17) is 9.90 Å². The van der Waals surface area contributed by atoms with Gasteiger partial charge < -0.3 is 10.0 Å². The molecule has 6 nitrogen and oxygen atoms in total. The summed E-state index contributed by atoms with van der Waals surface area (Å²) < 4.78 is 61.8. The van der Waals surface area contributed by atoms with Crippen molar-refractivity contribution in [3.63, 3.8) is 0 Å². The smallest absolute Gasteiger partial charge is 0.475 e. The summed E-state index contributed by atoms with van der Waals surface area (Å²) in [7, 11) is 3.89. The summed E-state index contributed by atoms with van der Waals surface area (Å²) in [5.41, 5.74) is 8.71. The monoisotopic (exact) mass is 567 g/mol. The van der Waals surface area contributed by atoms with E-state index in [1.807, 2.05) is 43.3 Å². The molecule has 2 aromatic carbocycles. The highest BCUT2D eigenvalue weighted by molar-refractivity contribution is 5.80. The third-order valence-corrected chi connectivity index (χ3v) is 8.22. The molecule has 1 saturated heterocycles. The first kappa shape index (κ1) is 29.8. The van der Waals surface area contributed by atoms with Crippen molar-refractivity contribution in [3.8, 4) is 11.1 Å². The number of anilines is 1. The minimum absolute atomic E-state index is 0.0595. The van der Waals surface area contributed by atoms with Crippen LogP contribution in [0.25, 0.3) is 11.1 Å². The third-order valence-electron chi connectivity index (χ3n) is 8.22. The highest BCUT2D eigenvalue weighted by Gasteiger charge is 2.47. The predicted octanol–water partition coefficient (Wildman–Crippen LogP) is 5.85. The molecule has 1 aliphatic heterocycles. The summed E-state index contributed by atoms with van der Waals surface area (Å²) in [6.45, 7) is 0. The molecule has 3 fully saturated rings. The first-order chi connectivity index (χ1) is 18.8. The standard InChI is InChI=1S/C27H33F2N3O.C2HF3O2/c1-32(2)21-5-3-4-19(13-21)20-14-24(28)22(25(29)15-20)12-17-8-10-27(11-9-17)16-23(18-6-7-18)26(33)30-31-27;3-2(4,5)1(6)7/h3-5,13-15,17-18,23,31H,6-12,16H2,1-2H3,(H,30,33);(H,6,7).